The maximum atomic E-state index is 12.0. The standard InChI is InChI=1S/C17H23NO4/c1-11(14(19)18-17(9-10-17)15(20)21)22-13-7-5-12(6-8-13)16(2,3)4/h5-8,11H,9-10H2,1-4H3,(H,18,19)(H,20,21). The van der Waals surface area contributed by atoms with Crippen molar-refractivity contribution in [2.75, 3.05) is 0 Å². The summed E-state index contributed by atoms with van der Waals surface area (Å²) in [6.45, 7) is 7.99. The quantitative estimate of drug-likeness (QED) is 0.876. The third kappa shape index (κ3) is 3.59. The Bertz CT molecular complexity index is 567. The lowest BCUT2D eigenvalue weighted by molar-refractivity contribution is -0.144. The van der Waals surface area contributed by atoms with E-state index in [2.05, 4.69) is 26.1 Å². The summed E-state index contributed by atoms with van der Waals surface area (Å²) in [5, 5.41) is 11.6. The molecule has 0 heterocycles. The minimum absolute atomic E-state index is 0.0569. The van der Waals surface area contributed by atoms with Crippen molar-refractivity contribution in [3.63, 3.8) is 0 Å². The largest absolute Gasteiger partial charge is 0.481 e. The molecule has 0 aromatic heterocycles. The van der Waals surface area contributed by atoms with Gasteiger partial charge in [0.1, 0.15) is 11.3 Å². The highest BCUT2D eigenvalue weighted by Gasteiger charge is 2.52. The molecule has 5 heteroatoms. The van der Waals surface area contributed by atoms with Crippen molar-refractivity contribution >= 4 is 11.9 Å². The lowest BCUT2D eigenvalue weighted by atomic mass is 9.87. The topological polar surface area (TPSA) is 75.6 Å². The summed E-state index contributed by atoms with van der Waals surface area (Å²) >= 11 is 0. The predicted octanol–water partition coefficient (Wildman–Crippen LogP) is 2.48. The van der Waals surface area contributed by atoms with Gasteiger partial charge in [0.05, 0.1) is 0 Å². The van der Waals surface area contributed by atoms with Crippen molar-refractivity contribution < 1.29 is 19.4 Å². The van der Waals surface area contributed by atoms with E-state index in [0.717, 1.165) is 0 Å². The van der Waals surface area contributed by atoms with Crippen molar-refractivity contribution in [1.82, 2.24) is 5.32 Å². The number of carbonyl (C=O) groups is 2. The van der Waals surface area contributed by atoms with Gasteiger partial charge in [-0.15, -0.1) is 0 Å². The number of amides is 1. The van der Waals surface area contributed by atoms with E-state index in [4.69, 9.17) is 9.84 Å². The molecule has 1 fully saturated rings. The molecule has 1 aromatic carbocycles. The summed E-state index contributed by atoms with van der Waals surface area (Å²) in [5.74, 6) is -0.793. The molecule has 0 saturated heterocycles. The van der Waals surface area contributed by atoms with E-state index in [-0.39, 0.29) is 5.41 Å². The van der Waals surface area contributed by atoms with Crippen LogP contribution in [-0.2, 0) is 15.0 Å². The second kappa shape index (κ2) is 5.63. The molecule has 120 valence electrons. The number of nitrogens with one attached hydrogen (secondary N) is 1. The first kappa shape index (κ1) is 16.3. The van der Waals surface area contributed by atoms with E-state index >= 15 is 0 Å². The molecule has 1 atom stereocenters. The van der Waals surface area contributed by atoms with Crippen molar-refractivity contribution in [2.24, 2.45) is 0 Å². The van der Waals surface area contributed by atoms with Gasteiger partial charge in [-0.2, -0.15) is 0 Å². The van der Waals surface area contributed by atoms with Crippen molar-refractivity contribution in [3.8, 4) is 5.75 Å². The number of carbonyl (C=O) groups excluding carboxylic acids is 1. The van der Waals surface area contributed by atoms with Crippen LogP contribution < -0.4 is 10.1 Å². The van der Waals surface area contributed by atoms with Crippen LogP contribution in [0.25, 0.3) is 0 Å². The van der Waals surface area contributed by atoms with E-state index in [1.807, 2.05) is 24.3 Å². The van der Waals surface area contributed by atoms with Gasteiger partial charge < -0.3 is 15.2 Å². The van der Waals surface area contributed by atoms with Crippen LogP contribution in [0.15, 0.2) is 24.3 Å². The SMILES string of the molecule is CC(Oc1ccc(C(C)(C)C)cc1)C(=O)NC1(C(=O)O)CC1. The Morgan fingerprint density at radius 1 is 1.23 bits per heavy atom. The molecule has 1 aromatic rings. The monoisotopic (exact) mass is 305 g/mol. The highest BCUT2D eigenvalue weighted by molar-refractivity contribution is 5.91. The number of hydrogen-bond donors (Lipinski definition) is 2. The third-order valence-electron chi connectivity index (χ3n) is 3.92. The molecule has 0 bridgehead atoms. The zero-order chi connectivity index (χ0) is 16.5. The molecule has 1 aliphatic rings. The second-order valence-corrected chi connectivity index (χ2v) is 6.91. The minimum atomic E-state index is -1.08. The van der Waals surface area contributed by atoms with Gasteiger partial charge >= 0.3 is 5.97 Å². The Labute approximate surface area is 130 Å². The summed E-state index contributed by atoms with van der Waals surface area (Å²) in [4.78, 5) is 23.1. The average Bonchev–Trinajstić information content (AvgIpc) is 3.19. The van der Waals surface area contributed by atoms with Gasteiger partial charge in [0, 0.05) is 0 Å². The molecule has 0 aliphatic heterocycles. The Balaban J connectivity index is 1.95. The molecule has 1 saturated carbocycles. The molecule has 5 nitrogen and oxygen atoms in total. The lowest BCUT2D eigenvalue weighted by Gasteiger charge is -2.21. The maximum absolute atomic E-state index is 12.0. The number of aliphatic carboxylic acids is 1. The average molecular weight is 305 g/mol. The molecular weight excluding hydrogens is 282 g/mol. The van der Waals surface area contributed by atoms with Crippen LogP contribution in [0.3, 0.4) is 0 Å². The molecule has 1 unspecified atom stereocenters. The minimum Gasteiger partial charge on any atom is -0.481 e. The van der Waals surface area contributed by atoms with E-state index < -0.39 is 23.5 Å². The molecule has 0 radical (unpaired) electrons. The number of rotatable bonds is 5. The van der Waals surface area contributed by atoms with Gasteiger partial charge in [-0.25, -0.2) is 4.79 Å². The van der Waals surface area contributed by atoms with Gasteiger partial charge in [-0.3, -0.25) is 4.79 Å². The van der Waals surface area contributed by atoms with Gasteiger partial charge in [-0.05, 0) is 42.9 Å². The zero-order valence-corrected chi connectivity index (χ0v) is 13.5. The van der Waals surface area contributed by atoms with Crippen LogP contribution in [0.2, 0.25) is 0 Å². The first-order chi connectivity index (χ1) is 10.1. The Kier molecular flexibility index (Phi) is 4.18. The highest BCUT2D eigenvalue weighted by Crippen LogP contribution is 2.35. The van der Waals surface area contributed by atoms with Crippen LogP contribution in [0.5, 0.6) is 5.75 Å². The van der Waals surface area contributed by atoms with Gasteiger partial charge in [0.25, 0.3) is 5.91 Å². The van der Waals surface area contributed by atoms with Crippen LogP contribution in [0.4, 0.5) is 0 Å². The summed E-state index contributed by atoms with van der Waals surface area (Å²) in [7, 11) is 0. The van der Waals surface area contributed by atoms with Crippen LogP contribution in [0.1, 0.15) is 46.1 Å². The Morgan fingerprint density at radius 3 is 2.18 bits per heavy atom. The first-order valence-corrected chi connectivity index (χ1v) is 7.47. The number of carboxylic acid groups (broad SMARTS) is 1. The number of benzene rings is 1. The highest BCUT2D eigenvalue weighted by atomic mass is 16.5. The number of carboxylic acids is 1. The van der Waals surface area contributed by atoms with Gasteiger partial charge in [-0.1, -0.05) is 32.9 Å². The summed E-state index contributed by atoms with van der Waals surface area (Å²) < 4.78 is 5.59. The number of ether oxygens (including phenoxy) is 1. The third-order valence-corrected chi connectivity index (χ3v) is 3.92. The second-order valence-electron chi connectivity index (χ2n) is 6.91. The first-order valence-electron chi connectivity index (χ1n) is 7.47. The van der Waals surface area contributed by atoms with Crippen molar-refractivity contribution in [2.45, 2.75) is 57.6 Å². The van der Waals surface area contributed by atoms with Crippen molar-refractivity contribution in [3.05, 3.63) is 29.8 Å². The van der Waals surface area contributed by atoms with Gasteiger partial charge in [0.15, 0.2) is 6.10 Å². The number of hydrogen-bond acceptors (Lipinski definition) is 3. The van der Waals surface area contributed by atoms with E-state index in [0.29, 0.717) is 18.6 Å². The molecule has 0 spiro atoms. The Hall–Kier alpha value is -2.04. The smallest absolute Gasteiger partial charge is 0.329 e. The lowest BCUT2D eigenvalue weighted by Crippen LogP contribution is -2.48. The summed E-state index contributed by atoms with van der Waals surface area (Å²) in [6.07, 6.45) is 0.208. The molecule has 2 N–H and O–H groups in total. The fourth-order valence-electron chi connectivity index (χ4n) is 2.15. The zero-order valence-electron chi connectivity index (χ0n) is 13.5. The fourth-order valence-corrected chi connectivity index (χ4v) is 2.15. The van der Waals surface area contributed by atoms with Crippen molar-refractivity contribution in [1.29, 1.82) is 0 Å². The van der Waals surface area contributed by atoms with E-state index in [1.165, 1.54) is 5.56 Å². The van der Waals surface area contributed by atoms with E-state index in [1.54, 1.807) is 6.92 Å². The van der Waals surface area contributed by atoms with Crippen LogP contribution >= 0.6 is 0 Å². The normalized spacial score (nSPS) is 17.5. The summed E-state index contributed by atoms with van der Waals surface area (Å²) in [5.41, 5.74) is 0.159. The summed E-state index contributed by atoms with van der Waals surface area (Å²) in [6, 6.07) is 7.60. The van der Waals surface area contributed by atoms with E-state index in [9.17, 15) is 9.59 Å². The molecule has 1 amide bonds. The molecular formula is C17H23NO4. The molecule has 2 rings (SSSR count). The van der Waals surface area contributed by atoms with Gasteiger partial charge in [0.2, 0.25) is 0 Å². The predicted molar refractivity (Wildman–Crippen MR) is 83.0 cm³/mol. The molecule has 1 aliphatic carbocycles. The molecule has 22 heavy (non-hydrogen) atoms. The van der Waals surface area contributed by atoms with Crippen LogP contribution in [-0.4, -0.2) is 28.6 Å². The fraction of sp³-hybridized carbons (Fsp3) is 0.529. The van der Waals surface area contributed by atoms with Crippen LogP contribution in [0, 0.1) is 0 Å². The maximum Gasteiger partial charge on any atom is 0.329 e. The Morgan fingerprint density at radius 2 is 1.77 bits per heavy atom.